The Morgan fingerprint density at radius 2 is 1.69 bits per heavy atom. The standard InChI is InChI=1S/C40H46ClN5O3/c41-33-18-19-35-32(27-33)17-16-31-13-9-20-42-37(31)38(35)44-25-26-46(40(48)49-34-14-5-2-6-15-34)36(29-44)39(47)45(28-30-11-3-1-4-12-30)24-10-23-43-21-7-8-22-43/h1,3-4,7-9,11-13,18-22,27,34,36,38H,2,5-6,10,14-17,23-26,28-29H2/t36-,38+/m1/s1. The number of carbonyl (C=O) groups excluding carboxylic acids is 2. The van der Waals surface area contributed by atoms with Gasteiger partial charge in [0.15, 0.2) is 0 Å². The lowest BCUT2D eigenvalue weighted by Gasteiger charge is -2.45. The van der Waals surface area contributed by atoms with Crippen LogP contribution in [0.4, 0.5) is 4.79 Å². The van der Waals surface area contributed by atoms with Crippen molar-refractivity contribution < 1.29 is 14.3 Å². The van der Waals surface area contributed by atoms with Crippen LogP contribution in [0.5, 0.6) is 0 Å². The van der Waals surface area contributed by atoms with E-state index in [2.05, 4.69) is 52.2 Å². The molecule has 1 saturated heterocycles. The van der Waals surface area contributed by atoms with Gasteiger partial charge in [-0.3, -0.25) is 19.6 Å². The van der Waals surface area contributed by atoms with Gasteiger partial charge in [-0.15, -0.1) is 0 Å². The van der Waals surface area contributed by atoms with E-state index >= 15 is 0 Å². The average molecular weight is 680 g/mol. The molecule has 2 fully saturated rings. The molecule has 0 unspecified atom stereocenters. The van der Waals surface area contributed by atoms with E-state index in [4.69, 9.17) is 21.3 Å². The molecule has 0 N–H and O–H groups in total. The summed E-state index contributed by atoms with van der Waals surface area (Å²) >= 11 is 6.51. The predicted molar refractivity (Wildman–Crippen MR) is 191 cm³/mol. The predicted octanol–water partition coefficient (Wildman–Crippen LogP) is 7.30. The van der Waals surface area contributed by atoms with Crippen molar-refractivity contribution in [1.29, 1.82) is 0 Å². The first-order valence-corrected chi connectivity index (χ1v) is 18.3. The Hall–Kier alpha value is -4.14. The van der Waals surface area contributed by atoms with Crippen LogP contribution in [0.3, 0.4) is 0 Å². The number of piperazine rings is 1. The fourth-order valence-electron chi connectivity index (χ4n) is 7.86. The van der Waals surface area contributed by atoms with Gasteiger partial charge in [0.1, 0.15) is 12.1 Å². The molecule has 2 aromatic heterocycles. The van der Waals surface area contributed by atoms with Crippen LogP contribution in [0.15, 0.2) is 91.4 Å². The molecule has 2 atom stereocenters. The van der Waals surface area contributed by atoms with Gasteiger partial charge in [-0.25, -0.2) is 4.79 Å². The molecule has 0 radical (unpaired) electrons. The lowest BCUT2D eigenvalue weighted by atomic mass is 9.95. The summed E-state index contributed by atoms with van der Waals surface area (Å²) in [4.78, 5) is 39.9. The second-order valence-corrected chi connectivity index (χ2v) is 14.1. The topological polar surface area (TPSA) is 70.9 Å². The molecule has 2 amide bonds. The summed E-state index contributed by atoms with van der Waals surface area (Å²) in [5.74, 6) is -0.0483. The molecule has 2 aromatic carbocycles. The Labute approximate surface area is 294 Å². The Morgan fingerprint density at radius 3 is 2.51 bits per heavy atom. The van der Waals surface area contributed by atoms with E-state index in [0.717, 1.165) is 67.8 Å². The summed E-state index contributed by atoms with van der Waals surface area (Å²) < 4.78 is 8.27. The lowest BCUT2D eigenvalue weighted by molar-refractivity contribution is -0.140. The number of aryl methyl sites for hydroxylation is 3. The molecule has 3 aliphatic rings. The van der Waals surface area contributed by atoms with Gasteiger partial charge in [-0.05, 0) is 97.5 Å². The largest absolute Gasteiger partial charge is 0.446 e. The molecule has 2 aliphatic carbocycles. The van der Waals surface area contributed by atoms with Crippen molar-refractivity contribution in [2.45, 2.75) is 82.6 Å². The third-order valence-electron chi connectivity index (χ3n) is 10.4. The number of hydrogen-bond donors (Lipinski definition) is 0. The van der Waals surface area contributed by atoms with E-state index < -0.39 is 6.04 Å². The van der Waals surface area contributed by atoms with Gasteiger partial charge >= 0.3 is 6.09 Å². The summed E-state index contributed by atoms with van der Waals surface area (Å²) in [6.07, 6.45) is 13.1. The number of aromatic nitrogens is 2. The van der Waals surface area contributed by atoms with E-state index in [9.17, 15) is 9.59 Å². The molecule has 256 valence electrons. The summed E-state index contributed by atoms with van der Waals surface area (Å²) in [6.45, 7) is 3.22. The second-order valence-electron chi connectivity index (χ2n) is 13.7. The van der Waals surface area contributed by atoms with Crippen molar-refractivity contribution in [2.24, 2.45) is 0 Å². The minimum Gasteiger partial charge on any atom is -0.446 e. The van der Waals surface area contributed by atoms with Crippen LogP contribution in [0.25, 0.3) is 0 Å². The molecule has 0 spiro atoms. The van der Waals surface area contributed by atoms with Crippen LogP contribution in [-0.2, 0) is 35.5 Å². The molecular formula is C40H46ClN5O3. The van der Waals surface area contributed by atoms with Crippen LogP contribution in [-0.4, -0.2) is 74.6 Å². The van der Waals surface area contributed by atoms with Crippen LogP contribution in [0, 0.1) is 0 Å². The zero-order valence-corrected chi connectivity index (χ0v) is 28.9. The number of ether oxygens (including phenoxy) is 1. The molecule has 0 bridgehead atoms. The molecular weight excluding hydrogens is 634 g/mol. The van der Waals surface area contributed by atoms with E-state index in [1.807, 2.05) is 53.6 Å². The second kappa shape index (κ2) is 15.6. The Balaban J connectivity index is 1.21. The smallest absolute Gasteiger partial charge is 0.410 e. The van der Waals surface area contributed by atoms with E-state index in [0.29, 0.717) is 32.7 Å². The van der Waals surface area contributed by atoms with Gasteiger partial charge in [0.05, 0.1) is 11.7 Å². The number of fused-ring (bicyclic) bond motifs is 2. The molecule has 7 rings (SSSR count). The quantitative estimate of drug-likeness (QED) is 0.186. The Kier molecular flexibility index (Phi) is 10.6. The highest BCUT2D eigenvalue weighted by atomic mass is 35.5. The zero-order valence-electron chi connectivity index (χ0n) is 28.1. The first-order chi connectivity index (χ1) is 24.0. The van der Waals surface area contributed by atoms with Crippen molar-refractivity contribution in [3.8, 4) is 0 Å². The van der Waals surface area contributed by atoms with E-state index in [1.54, 1.807) is 4.90 Å². The number of nitrogens with zero attached hydrogens (tertiary/aromatic N) is 5. The first kappa shape index (κ1) is 33.4. The first-order valence-electron chi connectivity index (χ1n) is 17.9. The molecule has 8 nitrogen and oxygen atoms in total. The fraction of sp³-hybridized carbons (Fsp3) is 0.425. The Bertz CT molecular complexity index is 1710. The molecule has 49 heavy (non-hydrogen) atoms. The number of carbonyl (C=O) groups is 2. The number of amides is 2. The summed E-state index contributed by atoms with van der Waals surface area (Å²) in [7, 11) is 0. The minimum atomic E-state index is -0.703. The maximum Gasteiger partial charge on any atom is 0.410 e. The average Bonchev–Trinajstić information content (AvgIpc) is 3.60. The minimum absolute atomic E-state index is 0.0483. The van der Waals surface area contributed by atoms with Crippen LogP contribution in [0.2, 0.25) is 5.02 Å². The van der Waals surface area contributed by atoms with Gasteiger partial charge in [-0.1, -0.05) is 60.5 Å². The maximum atomic E-state index is 14.9. The van der Waals surface area contributed by atoms with Crippen LogP contribution >= 0.6 is 11.6 Å². The Morgan fingerprint density at radius 1 is 0.898 bits per heavy atom. The van der Waals surface area contributed by atoms with Crippen molar-refractivity contribution in [3.05, 3.63) is 124 Å². The zero-order chi connectivity index (χ0) is 33.6. The third-order valence-corrected chi connectivity index (χ3v) is 10.6. The summed E-state index contributed by atoms with van der Waals surface area (Å²) in [6, 6.07) is 23.6. The van der Waals surface area contributed by atoms with Crippen molar-refractivity contribution >= 4 is 23.6 Å². The van der Waals surface area contributed by atoms with Crippen LogP contribution < -0.4 is 0 Å². The van der Waals surface area contributed by atoms with E-state index in [1.165, 1.54) is 23.1 Å². The SMILES string of the molecule is O=C([C@H]1CN([C@H]2c3ccc(Cl)cc3CCc3cccnc32)CCN1C(=O)OC1CCCCC1)N(CCCn1cccc1)Cc1ccccc1. The van der Waals surface area contributed by atoms with Gasteiger partial charge in [0.25, 0.3) is 0 Å². The highest BCUT2D eigenvalue weighted by Gasteiger charge is 2.42. The van der Waals surface area contributed by atoms with Crippen LogP contribution in [0.1, 0.15) is 72.5 Å². The molecule has 4 aromatic rings. The maximum absolute atomic E-state index is 14.9. The molecule has 1 aliphatic heterocycles. The number of halogens is 1. The van der Waals surface area contributed by atoms with Crippen molar-refractivity contribution in [3.63, 3.8) is 0 Å². The van der Waals surface area contributed by atoms with Crippen molar-refractivity contribution in [2.75, 3.05) is 26.2 Å². The highest BCUT2D eigenvalue weighted by Crippen LogP contribution is 2.38. The number of pyridine rings is 1. The molecule has 9 heteroatoms. The fourth-order valence-corrected chi connectivity index (χ4v) is 8.05. The number of benzene rings is 2. The van der Waals surface area contributed by atoms with E-state index in [-0.39, 0.29) is 24.1 Å². The summed E-state index contributed by atoms with van der Waals surface area (Å²) in [5, 5.41) is 0.719. The van der Waals surface area contributed by atoms with Gasteiger partial charge in [0.2, 0.25) is 5.91 Å². The van der Waals surface area contributed by atoms with Gasteiger partial charge < -0.3 is 14.2 Å². The molecule has 3 heterocycles. The monoisotopic (exact) mass is 679 g/mol. The third kappa shape index (κ3) is 7.86. The molecule has 1 saturated carbocycles. The number of hydrogen-bond acceptors (Lipinski definition) is 5. The van der Waals surface area contributed by atoms with Gasteiger partial charge in [0, 0.05) is 62.9 Å². The van der Waals surface area contributed by atoms with Crippen molar-refractivity contribution in [1.82, 2.24) is 24.3 Å². The normalized spacial score (nSPS) is 19.8. The summed E-state index contributed by atoms with van der Waals surface area (Å²) in [5.41, 5.74) is 5.65. The van der Waals surface area contributed by atoms with Gasteiger partial charge in [-0.2, -0.15) is 0 Å². The highest BCUT2D eigenvalue weighted by molar-refractivity contribution is 6.30. The lowest BCUT2D eigenvalue weighted by Crippen LogP contribution is -2.62. The number of rotatable bonds is 9.